The minimum atomic E-state index is -3.88. The first-order valence-electron chi connectivity index (χ1n) is 6.21. The van der Waals surface area contributed by atoms with E-state index in [0.717, 1.165) is 6.07 Å². The Morgan fingerprint density at radius 3 is 2.37 bits per heavy atom. The molecule has 1 N–H and O–H groups in total. The van der Waals surface area contributed by atoms with Gasteiger partial charge < -0.3 is 0 Å². The molecule has 2 rings (SSSR count). The fourth-order valence-electron chi connectivity index (χ4n) is 2.67. The predicted octanol–water partition coefficient (Wildman–Crippen LogP) is 2.18. The Balaban J connectivity index is 2.11. The number of nitrogens with one attached hydrogen (secondary N) is 1. The van der Waals surface area contributed by atoms with E-state index in [1.807, 2.05) is 0 Å². The van der Waals surface area contributed by atoms with E-state index in [0.29, 0.717) is 6.54 Å². The quantitative estimate of drug-likeness (QED) is 0.923. The maximum Gasteiger partial charge on any atom is 0.261 e. The molecule has 1 aromatic heterocycles. The van der Waals surface area contributed by atoms with Gasteiger partial charge in [-0.2, -0.15) is 0 Å². The molecule has 0 aromatic carbocycles. The summed E-state index contributed by atoms with van der Waals surface area (Å²) in [4.78, 5) is 3.60. The number of rotatable bonds is 4. The largest absolute Gasteiger partial charge is 0.261 e. The summed E-state index contributed by atoms with van der Waals surface area (Å²) in [6, 6.07) is 2.45. The highest BCUT2D eigenvalue weighted by molar-refractivity contribution is 7.89. The molecule has 1 aromatic rings. The van der Waals surface area contributed by atoms with Crippen molar-refractivity contribution in [2.45, 2.75) is 32.7 Å². The zero-order valence-corrected chi connectivity index (χ0v) is 12.4. The van der Waals surface area contributed by atoms with Gasteiger partial charge in [0.1, 0.15) is 0 Å². The SMILES string of the molecule is CC1(C)C(CNS(=O)(=O)c2ncccc2F)C1(C)C. The molecular weight excluding hydrogens is 267 g/mol. The van der Waals surface area contributed by atoms with Gasteiger partial charge in [-0.25, -0.2) is 22.5 Å². The van der Waals surface area contributed by atoms with Gasteiger partial charge in [0.15, 0.2) is 5.82 Å². The van der Waals surface area contributed by atoms with Crippen molar-refractivity contribution in [3.63, 3.8) is 0 Å². The fourth-order valence-corrected chi connectivity index (χ4v) is 3.72. The Morgan fingerprint density at radius 2 is 1.89 bits per heavy atom. The summed E-state index contributed by atoms with van der Waals surface area (Å²) in [5, 5.41) is -0.536. The summed E-state index contributed by atoms with van der Waals surface area (Å²) in [7, 11) is -3.88. The fraction of sp³-hybridized carbons (Fsp3) is 0.615. The van der Waals surface area contributed by atoms with Crippen LogP contribution in [-0.4, -0.2) is 19.9 Å². The average Bonchev–Trinajstić information content (AvgIpc) is 2.67. The topological polar surface area (TPSA) is 59.1 Å². The molecule has 1 saturated carbocycles. The summed E-state index contributed by atoms with van der Waals surface area (Å²) >= 11 is 0. The third kappa shape index (κ3) is 2.27. The lowest BCUT2D eigenvalue weighted by Crippen LogP contribution is -2.28. The number of nitrogens with zero attached hydrogens (tertiary/aromatic N) is 1. The number of aromatic nitrogens is 1. The smallest absolute Gasteiger partial charge is 0.241 e. The Labute approximate surface area is 113 Å². The van der Waals surface area contributed by atoms with Gasteiger partial charge >= 0.3 is 0 Å². The molecule has 0 atom stereocenters. The highest BCUT2D eigenvalue weighted by Gasteiger charge is 2.64. The number of sulfonamides is 1. The first-order valence-corrected chi connectivity index (χ1v) is 7.69. The van der Waals surface area contributed by atoms with Crippen LogP contribution in [0.1, 0.15) is 27.7 Å². The number of halogens is 1. The summed E-state index contributed by atoms with van der Waals surface area (Å²) in [6.07, 6.45) is 1.27. The Kier molecular flexibility index (Phi) is 3.22. The molecular formula is C13H19FN2O2S. The summed E-state index contributed by atoms with van der Waals surface area (Å²) in [5.41, 5.74) is 0.163. The average molecular weight is 286 g/mol. The van der Waals surface area contributed by atoms with Crippen molar-refractivity contribution in [3.05, 3.63) is 24.1 Å². The van der Waals surface area contributed by atoms with Crippen molar-refractivity contribution >= 4 is 10.0 Å². The van der Waals surface area contributed by atoms with Crippen molar-refractivity contribution in [2.75, 3.05) is 6.54 Å². The van der Waals surface area contributed by atoms with E-state index < -0.39 is 20.9 Å². The van der Waals surface area contributed by atoms with E-state index in [-0.39, 0.29) is 16.7 Å². The molecule has 1 aliphatic carbocycles. The van der Waals surface area contributed by atoms with Gasteiger partial charge in [0.05, 0.1) is 0 Å². The predicted molar refractivity (Wildman–Crippen MR) is 70.4 cm³/mol. The molecule has 0 saturated heterocycles. The molecule has 0 spiro atoms. The summed E-state index contributed by atoms with van der Waals surface area (Å²) in [5.74, 6) is -0.592. The molecule has 4 nitrogen and oxygen atoms in total. The molecule has 1 aliphatic rings. The van der Waals surface area contributed by atoms with Crippen LogP contribution in [0.3, 0.4) is 0 Å². The summed E-state index contributed by atoms with van der Waals surface area (Å²) in [6.45, 7) is 8.72. The second kappa shape index (κ2) is 4.24. The maximum absolute atomic E-state index is 13.4. The van der Waals surface area contributed by atoms with Crippen molar-refractivity contribution < 1.29 is 12.8 Å². The van der Waals surface area contributed by atoms with Gasteiger partial charge in [-0.3, -0.25) is 0 Å². The number of pyridine rings is 1. The van der Waals surface area contributed by atoms with Gasteiger partial charge in [-0.1, -0.05) is 27.7 Å². The lowest BCUT2D eigenvalue weighted by Gasteiger charge is -2.07. The molecule has 0 aliphatic heterocycles. The molecule has 0 bridgehead atoms. The van der Waals surface area contributed by atoms with Crippen LogP contribution in [0.15, 0.2) is 23.4 Å². The van der Waals surface area contributed by atoms with Gasteiger partial charge in [-0.05, 0) is 28.9 Å². The van der Waals surface area contributed by atoms with Crippen LogP contribution in [0.2, 0.25) is 0 Å². The highest BCUT2D eigenvalue weighted by Crippen LogP contribution is 2.67. The van der Waals surface area contributed by atoms with Crippen LogP contribution in [0.4, 0.5) is 4.39 Å². The van der Waals surface area contributed by atoms with E-state index in [4.69, 9.17) is 0 Å². The third-order valence-corrected chi connectivity index (χ3v) is 6.13. The standard InChI is InChI=1S/C13H19FN2O2S/c1-12(2)10(13(12,3)4)8-16-19(17,18)11-9(14)6-5-7-15-11/h5-7,10,16H,8H2,1-4H3. The van der Waals surface area contributed by atoms with Crippen LogP contribution in [0, 0.1) is 22.6 Å². The van der Waals surface area contributed by atoms with E-state index >= 15 is 0 Å². The molecule has 1 heterocycles. The van der Waals surface area contributed by atoms with E-state index in [1.165, 1.54) is 12.3 Å². The Hall–Kier alpha value is -1.01. The number of hydrogen-bond acceptors (Lipinski definition) is 3. The zero-order chi connectivity index (χ0) is 14.5. The molecule has 19 heavy (non-hydrogen) atoms. The second-order valence-electron chi connectivity index (χ2n) is 6.14. The minimum absolute atomic E-state index is 0.0815. The summed E-state index contributed by atoms with van der Waals surface area (Å²) < 4.78 is 39.9. The second-order valence-corrected chi connectivity index (χ2v) is 7.82. The molecule has 0 radical (unpaired) electrons. The third-order valence-electron chi connectivity index (χ3n) is 4.78. The number of hydrogen-bond donors (Lipinski definition) is 1. The first-order chi connectivity index (χ1) is 8.61. The molecule has 6 heteroatoms. The highest BCUT2D eigenvalue weighted by atomic mass is 32.2. The Morgan fingerprint density at radius 1 is 1.32 bits per heavy atom. The van der Waals surface area contributed by atoms with Gasteiger partial charge in [0.25, 0.3) is 10.0 Å². The Bertz CT molecular complexity index is 582. The van der Waals surface area contributed by atoms with E-state index in [1.54, 1.807) is 0 Å². The lowest BCUT2D eigenvalue weighted by atomic mass is 10.0. The van der Waals surface area contributed by atoms with Crippen LogP contribution in [-0.2, 0) is 10.0 Å². The van der Waals surface area contributed by atoms with Crippen LogP contribution in [0.5, 0.6) is 0 Å². The van der Waals surface area contributed by atoms with Crippen molar-refractivity contribution in [3.8, 4) is 0 Å². The normalized spacial score (nSPS) is 21.3. The lowest BCUT2D eigenvalue weighted by molar-refractivity contribution is 0.457. The van der Waals surface area contributed by atoms with E-state index in [9.17, 15) is 12.8 Å². The van der Waals surface area contributed by atoms with Crippen molar-refractivity contribution in [1.29, 1.82) is 0 Å². The maximum atomic E-state index is 13.4. The van der Waals surface area contributed by atoms with Gasteiger partial charge in [-0.15, -0.1) is 0 Å². The first kappa shape index (κ1) is 14.4. The van der Waals surface area contributed by atoms with Crippen LogP contribution in [0.25, 0.3) is 0 Å². The minimum Gasteiger partial charge on any atom is -0.241 e. The van der Waals surface area contributed by atoms with Gasteiger partial charge in [0.2, 0.25) is 5.03 Å². The molecule has 0 unspecified atom stereocenters. The monoisotopic (exact) mass is 286 g/mol. The van der Waals surface area contributed by atoms with Gasteiger partial charge in [0, 0.05) is 12.7 Å². The molecule has 106 valence electrons. The molecule has 0 amide bonds. The van der Waals surface area contributed by atoms with Crippen molar-refractivity contribution in [2.24, 2.45) is 16.7 Å². The zero-order valence-electron chi connectivity index (χ0n) is 11.6. The van der Waals surface area contributed by atoms with Crippen LogP contribution >= 0.6 is 0 Å². The van der Waals surface area contributed by atoms with Crippen molar-refractivity contribution in [1.82, 2.24) is 9.71 Å². The molecule has 1 fully saturated rings. The van der Waals surface area contributed by atoms with E-state index in [2.05, 4.69) is 37.4 Å². The van der Waals surface area contributed by atoms with Crippen LogP contribution < -0.4 is 4.72 Å².